The molecule has 1 unspecified atom stereocenters. The van der Waals surface area contributed by atoms with Gasteiger partial charge in [-0.25, -0.2) is 0 Å². The highest BCUT2D eigenvalue weighted by atomic mass is 35.5. The van der Waals surface area contributed by atoms with Crippen LogP contribution in [0.5, 0.6) is 5.75 Å². The van der Waals surface area contributed by atoms with Crippen molar-refractivity contribution in [2.45, 2.75) is 32.9 Å². The quantitative estimate of drug-likeness (QED) is 0.779. The standard InChI is InChI=1S/C18H22ClNO/c1-3-11-20-14(2)16-5-4-6-18(12-16)21-13-15-7-9-17(19)10-8-15/h4-10,12,14,20H,3,11,13H2,1-2H3. The summed E-state index contributed by atoms with van der Waals surface area (Å²) >= 11 is 5.88. The molecule has 0 amide bonds. The Labute approximate surface area is 132 Å². The second-order valence-corrected chi connectivity index (χ2v) is 5.60. The van der Waals surface area contributed by atoms with Gasteiger partial charge in [-0.1, -0.05) is 42.8 Å². The van der Waals surface area contributed by atoms with Gasteiger partial charge < -0.3 is 10.1 Å². The number of rotatable bonds is 7. The summed E-state index contributed by atoms with van der Waals surface area (Å²) in [5.41, 5.74) is 2.36. The van der Waals surface area contributed by atoms with Crippen molar-refractivity contribution in [1.82, 2.24) is 5.32 Å². The summed E-state index contributed by atoms with van der Waals surface area (Å²) in [6, 6.07) is 16.3. The van der Waals surface area contributed by atoms with E-state index in [9.17, 15) is 0 Å². The van der Waals surface area contributed by atoms with E-state index in [1.807, 2.05) is 36.4 Å². The second-order valence-electron chi connectivity index (χ2n) is 5.16. The number of benzene rings is 2. The number of halogens is 1. The largest absolute Gasteiger partial charge is 0.489 e. The molecule has 0 aliphatic rings. The molecule has 0 spiro atoms. The predicted molar refractivity (Wildman–Crippen MR) is 88.9 cm³/mol. The van der Waals surface area contributed by atoms with Crippen molar-refractivity contribution in [2.24, 2.45) is 0 Å². The maximum absolute atomic E-state index is 5.88. The van der Waals surface area contributed by atoms with Crippen LogP contribution in [-0.2, 0) is 6.61 Å². The molecule has 0 aromatic heterocycles. The van der Waals surface area contributed by atoms with Crippen molar-refractivity contribution >= 4 is 11.6 Å². The lowest BCUT2D eigenvalue weighted by Gasteiger charge is -2.15. The van der Waals surface area contributed by atoms with Gasteiger partial charge in [0.1, 0.15) is 12.4 Å². The number of hydrogen-bond acceptors (Lipinski definition) is 2. The van der Waals surface area contributed by atoms with E-state index in [-0.39, 0.29) is 0 Å². The average molecular weight is 304 g/mol. The normalized spacial score (nSPS) is 12.1. The first kappa shape index (κ1) is 15.9. The van der Waals surface area contributed by atoms with Crippen LogP contribution in [0.3, 0.4) is 0 Å². The third kappa shape index (κ3) is 5.07. The fraction of sp³-hybridized carbons (Fsp3) is 0.333. The molecule has 2 rings (SSSR count). The number of hydrogen-bond donors (Lipinski definition) is 1. The highest BCUT2D eigenvalue weighted by molar-refractivity contribution is 6.30. The maximum Gasteiger partial charge on any atom is 0.120 e. The van der Waals surface area contributed by atoms with Crippen molar-refractivity contribution in [1.29, 1.82) is 0 Å². The monoisotopic (exact) mass is 303 g/mol. The molecule has 0 fully saturated rings. The lowest BCUT2D eigenvalue weighted by Crippen LogP contribution is -2.19. The first-order valence-corrected chi connectivity index (χ1v) is 7.77. The summed E-state index contributed by atoms with van der Waals surface area (Å²) in [6.07, 6.45) is 1.14. The van der Waals surface area contributed by atoms with E-state index in [2.05, 4.69) is 31.3 Å². The van der Waals surface area contributed by atoms with Gasteiger partial charge in [0.25, 0.3) is 0 Å². The lowest BCUT2D eigenvalue weighted by molar-refractivity contribution is 0.305. The van der Waals surface area contributed by atoms with Crippen LogP contribution in [-0.4, -0.2) is 6.54 Å². The second kappa shape index (κ2) is 8.06. The van der Waals surface area contributed by atoms with Gasteiger partial charge in [-0.15, -0.1) is 0 Å². The van der Waals surface area contributed by atoms with Crippen LogP contribution < -0.4 is 10.1 Å². The Morgan fingerprint density at radius 1 is 1.14 bits per heavy atom. The third-order valence-electron chi connectivity index (χ3n) is 3.38. The van der Waals surface area contributed by atoms with Crippen molar-refractivity contribution < 1.29 is 4.74 Å². The first-order valence-electron chi connectivity index (χ1n) is 7.39. The van der Waals surface area contributed by atoms with Gasteiger partial charge in [0.05, 0.1) is 0 Å². The Bertz CT molecular complexity index is 553. The summed E-state index contributed by atoms with van der Waals surface area (Å²) in [5.74, 6) is 0.896. The number of ether oxygens (including phenoxy) is 1. The maximum atomic E-state index is 5.88. The SMILES string of the molecule is CCCNC(C)c1cccc(OCc2ccc(Cl)cc2)c1. The van der Waals surface area contributed by atoms with Gasteiger partial charge in [0.2, 0.25) is 0 Å². The molecule has 0 bridgehead atoms. The van der Waals surface area contributed by atoms with Gasteiger partial charge >= 0.3 is 0 Å². The summed E-state index contributed by atoms with van der Waals surface area (Å²) in [6.45, 7) is 5.92. The van der Waals surface area contributed by atoms with E-state index in [0.717, 1.165) is 29.3 Å². The van der Waals surface area contributed by atoms with E-state index in [1.54, 1.807) is 0 Å². The Kier molecular flexibility index (Phi) is 6.09. The molecular formula is C18H22ClNO. The van der Waals surface area contributed by atoms with Gasteiger partial charge in [-0.2, -0.15) is 0 Å². The zero-order valence-corrected chi connectivity index (χ0v) is 13.4. The molecule has 112 valence electrons. The van der Waals surface area contributed by atoms with Crippen molar-refractivity contribution in [3.05, 3.63) is 64.7 Å². The van der Waals surface area contributed by atoms with Crippen LogP contribution in [0.25, 0.3) is 0 Å². The Balaban J connectivity index is 1.95. The zero-order valence-electron chi connectivity index (χ0n) is 12.6. The van der Waals surface area contributed by atoms with Crippen molar-refractivity contribution in [3.63, 3.8) is 0 Å². The molecule has 0 saturated carbocycles. The molecule has 2 nitrogen and oxygen atoms in total. The molecule has 1 atom stereocenters. The third-order valence-corrected chi connectivity index (χ3v) is 3.63. The number of nitrogens with one attached hydrogen (secondary N) is 1. The topological polar surface area (TPSA) is 21.3 Å². The summed E-state index contributed by atoms with van der Waals surface area (Å²) in [4.78, 5) is 0. The van der Waals surface area contributed by atoms with E-state index in [4.69, 9.17) is 16.3 Å². The minimum Gasteiger partial charge on any atom is -0.489 e. The molecule has 0 aliphatic carbocycles. The van der Waals surface area contributed by atoms with Crippen molar-refractivity contribution in [2.75, 3.05) is 6.54 Å². The molecule has 2 aromatic carbocycles. The fourth-order valence-corrected chi connectivity index (χ4v) is 2.23. The smallest absolute Gasteiger partial charge is 0.120 e. The summed E-state index contributed by atoms with van der Waals surface area (Å²) in [5, 5.41) is 4.23. The molecule has 0 aliphatic heterocycles. The zero-order chi connectivity index (χ0) is 15.1. The first-order chi connectivity index (χ1) is 10.2. The lowest BCUT2D eigenvalue weighted by atomic mass is 10.1. The van der Waals surface area contributed by atoms with E-state index >= 15 is 0 Å². The molecular weight excluding hydrogens is 282 g/mol. The molecule has 21 heavy (non-hydrogen) atoms. The fourth-order valence-electron chi connectivity index (χ4n) is 2.10. The van der Waals surface area contributed by atoms with E-state index in [1.165, 1.54) is 5.56 Å². The molecule has 0 heterocycles. The van der Waals surface area contributed by atoms with Crippen LogP contribution >= 0.6 is 11.6 Å². The van der Waals surface area contributed by atoms with Crippen LogP contribution in [0, 0.1) is 0 Å². The van der Waals surface area contributed by atoms with E-state index in [0.29, 0.717) is 12.6 Å². The minimum atomic E-state index is 0.337. The Morgan fingerprint density at radius 3 is 2.62 bits per heavy atom. The van der Waals surface area contributed by atoms with Crippen LogP contribution in [0.4, 0.5) is 0 Å². The highest BCUT2D eigenvalue weighted by Crippen LogP contribution is 2.20. The molecule has 0 radical (unpaired) electrons. The average Bonchev–Trinajstić information content (AvgIpc) is 2.52. The minimum absolute atomic E-state index is 0.337. The highest BCUT2D eigenvalue weighted by Gasteiger charge is 2.05. The molecule has 0 saturated heterocycles. The Hall–Kier alpha value is -1.51. The van der Waals surface area contributed by atoms with Crippen LogP contribution in [0.15, 0.2) is 48.5 Å². The predicted octanol–water partition coefficient (Wildman–Crippen LogP) is 4.98. The molecule has 1 N–H and O–H groups in total. The van der Waals surface area contributed by atoms with Gasteiger partial charge in [0, 0.05) is 11.1 Å². The van der Waals surface area contributed by atoms with E-state index < -0.39 is 0 Å². The molecule has 2 aromatic rings. The van der Waals surface area contributed by atoms with Crippen LogP contribution in [0.2, 0.25) is 5.02 Å². The summed E-state index contributed by atoms with van der Waals surface area (Å²) in [7, 11) is 0. The molecule has 3 heteroatoms. The summed E-state index contributed by atoms with van der Waals surface area (Å²) < 4.78 is 5.86. The van der Waals surface area contributed by atoms with Gasteiger partial charge in [0.15, 0.2) is 0 Å². The Morgan fingerprint density at radius 2 is 1.90 bits per heavy atom. The van der Waals surface area contributed by atoms with Crippen LogP contribution in [0.1, 0.15) is 37.4 Å². The van der Waals surface area contributed by atoms with Crippen molar-refractivity contribution in [3.8, 4) is 5.75 Å². The van der Waals surface area contributed by atoms with Gasteiger partial charge in [-0.05, 0) is 55.3 Å². The van der Waals surface area contributed by atoms with Gasteiger partial charge in [-0.3, -0.25) is 0 Å².